The number of para-hydroxylation sites is 1. The summed E-state index contributed by atoms with van der Waals surface area (Å²) < 4.78 is 0. The van der Waals surface area contributed by atoms with Gasteiger partial charge in [0.15, 0.2) is 0 Å². The number of pyridine rings is 1. The van der Waals surface area contributed by atoms with Crippen LogP contribution >= 0.6 is 0 Å². The number of hydrogen-bond donors (Lipinski definition) is 1. The minimum atomic E-state index is -0.266. The molecule has 0 aliphatic heterocycles. The maximum absolute atomic E-state index is 12.8. The molecule has 0 radical (unpaired) electrons. The van der Waals surface area contributed by atoms with Gasteiger partial charge in [-0.25, -0.2) is 9.97 Å². The first-order valence-electron chi connectivity index (χ1n) is 7.83. The number of carbonyl (C=O) groups excluding carboxylic acids is 1. The molecule has 0 spiro atoms. The molecule has 4 aromatic rings. The van der Waals surface area contributed by atoms with Crippen molar-refractivity contribution in [3.63, 3.8) is 0 Å². The van der Waals surface area contributed by atoms with Gasteiger partial charge in [-0.1, -0.05) is 48.5 Å². The second-order valence-electron chi connectivity index (χ2n) is 5.49. The zero-order valence-corrected chi connectivity index (χ0v) is 13.3. The zero-order chi connectivity index (χ0) is 17.1. The third kappa shape index (κ3) is 2.95. The van der Waals surface area contributed by atoms with Gasteiger partial charge in [-0.15, -0.1) is 0 Å². The first kappa shape index (κ1) is 15.0. The van der Waals surface area contributed by atoms with E-state index < -0.39 is 0 Å². The third-order valence-corrected chi connectivity index (χ3v) is 3.89. The third-order valence-electron chi connectivity index (χ3n) is 3.89. The highest BCUT2D eigenvalue weighted by Gasteiger charge is 2.15. The molecule has 0 unspecified atom stereocenters. The fourth-order valence-electron chi connectivity index (χ4n) is 2.72. The Morgan fingerprint density at radius 1 is 0.880 bits per heavy atom. The molecule has 1 N–H and O–H groups in total. The first-order chi connectivity index (χ1) is 12.3. The number of amides is 1. The van der Waals surface area contributed by atoms with Gasteiger partial charge in [0.05, 0.1) is 22.5 Å². The highest BCUT2D eigenvalue weighted by molar-refractivity contribution is 6.10. The van der Waals surface area contributed by atoms with Gasteiger partial charge in [-0.3, -0.25) is 9.78 Å². The van der Waals surface area contributed by atoms with Crippen LogP contribution < -0.4 is 5.32 Å². The van der Waals surface area contributed by atoms with Gasteiger partial charge in [0.2, 0.25) is 0 Å². The van der Waals surface area contributed by atoms with E-state index in [0.29, 0.717) is 16.9 Å². The fraction of sp³-hybridized carbons (Fsp3) is 0. The van der Waals surface area contributed by atoms with Crippen LogP contribution in [0.25, 0.3) is 22.2 Å². The van der Waals surface area contributed by atoms with E-state index in [1.54, 1.807) is 6.20 Å². The molecule has 5 heteroatoms. The second-order valence-corrected chi connectivity index (χ2v) is 5.49. The van der Waals surface area contributed by atoms with E-state index in [2.05, 4.69) is 20.3 Å². The molecular weight excluding hydrogens is 312 g/mol. The van der Waals surface area contributed by atoms with Crippen molar-refractivity contribution in [1.29, 1.82) is 0 Å². The Morgan fingerprint density at radius 3 is 2.60 bits per heavy atom. The summed E-state index contributed by atoms with van der Waals surface area (Å²) in [7, 11) is 0. The van der Waals surface area contributed by atoms with Crippen LogP contribution in [0.2, 0.25) is 0 Å². The standard InChI is InChI=1S/C20H14N4O/c25-20(24-17-10-4-8-15-9-5-11-22-19(15)17)16-12-21-13-23-18(16)14-6-2-1-3-7-14/h1-13H,(H,24,25). The molecule has 2 aromatic heterocycles. The van der Waals surface area contributed by atoms with E-state index in [1.165, 1.54) is 12.5 Å². The summed E-state index contributed by atoms with van der Waals surface area (Å²) in [6, 6.07) is 19.1. The van der Waals surface area contributed by atoms with E-state index in [-0.39, 0.29) is 5.91 Å². The number of rotatable bonds is 3. The molecule has 0 fully saturated rings. The number of hydrogen-bond acceptors (Lipinski definition) is 4. The normalized spacial score (nSPS) is 10.6. The number of carbonyl (C=O) groups is 1. The first-order valence-corrected chi connectivity index (χ1v) is 7.83. The monoisotopic (exact) mass is 326 g/mol. The summed E-state index contributed by atoms with van der Waals surface area (Å²) in [4.78, 5) is 25.5. The van der Waals surface area contributed by atoms with E-state index >= 15 is 0 Å². The SMILES string of the molecule is O=C(Nc1cccc2cccnc12)c1cncnc1-c1ccccc1. The van der Waals surface area contributed by atoms with Crippen molar-refractivity contribution in [2.75, 3.05) is 5.32 Å². The molecule has 2 heterocycles. The number of fused-ring (bicyclic) bond motifs is 1. The summed E-state index contributed by atoms with van der Waals surface area (Å²) >= 11 is 0. The lowest BCUT2D eigenvalue weighted by Gasteiger charge is -2.10. The van der Waals surface area contributed by atoms with Crippen molar-refractivity contribution < 1.29 is 4.79 Å². The average molecular weight is 326 g/mol. The van der Waals surface area contributed by atoms with E-state index in [4.69, 9.17) is 0 Å². The molecule has 0 saturated carbocycles. The molecule has 0 aliphatic carbocycles. The summed E-state index contributed by atoms with van der Waals surface area (Å²) in [5.41, 5.74) is 3.29. The molecule has 0 bridgehead atoms. The summed E-state index contributed by atoms with van der Waals surface area (Å²) in [5.74, 6) is -0.266. The Balaban J connectivity index is 1.73. The van der Waals surface area contributed by atoms with Crippen LogP contribution in [0.5, 0.6) is 0 Å². The number of anilines is 1. The Bertz CT molecular complexity index is 1040. The van der Waals surface area contributed by atoms with Crippen LogP contribution in [0, 0.1) is 0 Å². The van der Waals surface area contributed by atoms with Crippen LogP contribution in [-0.2, 0) is 0 Å². The van der Waals surface area contributed by atoms with Crippen molar-refractivity contribution in [2.24, 2.45) is 0 Å². The second kappa shape index (κ2) is 6.49. The van der Waals surface area contributed by atoms with E-state index in [9.17, 15) is 4.79 Å². The Hall–Kier alpha value is -3.60. The van der Waals surface area contributed by atoms with Gasteiger partial charge >= 0.3 is 0 Å². The molecular formula is C20H14N4O. The number of nitrogens with one attached hydrogen (secondary N) is 1. The van der Waals surface area contributed by atoms with Crippen molar-refractivity contribution in [3.8, 4) is 11.3 Å². The lowest BCUT2D eigenvalue weighted by Crippen LogP contribution is -2.14. The number of nitrogens with zero attached hydrogens (tertiary/aromatic N) is 3. The lowest BCUT2D eigenvalue weighted by atomic mass is 10.1. The predicted octanol–water partition coefficient (Wildman–Crippen LogP) is 3.94. The zero-order valence-electron chi connectivity index (χ0n) is 13.3. The van der Waals surface area contributed by atoms with Crippen LogP contribution in [0.15, 0.2) is 79.4 Å². The van der Waals surface area contributed by atoms with Gasteiger partial charge in [0.25, 0.3) is 5.91 Å². The Labute approximate surface area is 144 Å². The topological polar surface area (TPSA) is 67.8 Å². The molecule has 0 saturated heterocycles. The quantitative estimate of drug-likeness (QED) is 0.619. The lowest BCUT2D eigenvalue weighted by molar-refractivity contribution is 0.102. The molecule has 0 atom stereocenters. The van der Waals surface area contributed by atoms with Crippen LogP contribution in [0.3, 0.4) is 0 Å². The maximum Gasteiger partial charge on any atom is 0.259 e. The number of benzene rings is 2. The van der Waals surface area contributed by atoms with Crippen LogP contribution in [-0.4, -0.2) is 20.9 Å². The average Bonchev–Trinajstić information content (AvgIpc) is 2.69. The van der Waals surface area contributed by atoms with Gasteiger partial charge in [0.1, 0.15) is 6.33 Å². The molecule has 2 aromatic carbocycles. The molecule has 5 nitrogen and oxygen atoms in total. The number of aromatic nitrogens is 3. The van der Waals surface area contributed by atoms with Gasteiger partial charge in [-0.2, -0.15) is 0 Å². The largest absolute Gasteiger partial charge is 0.320 e. The van der Waals surface area contributed by atoms with Crippen molar-refractivity contribution in [2.45, 2.75) is 0 Å². The minimum absolute atomic E-state index is 0.266. The smallest absolute Gasteiger partial charge is 0.259 e. The molecule has 25 heavy (non-hydrogen) atoms. The fourth-order valence-corrected chi connectivity index (χ4v) is 2.72. The summed E-state index contributed by atoms with van der Waals surface area (Å²) in [5, 5.41) is 3.90. The Morgan fingerprint density at radius 2 is 1.72 bits per heavy atom. The van der Waals surface area contributed by atoms with Crippen molar-refractivity contribution in [1.82, 2.24) is 15.0 Å². The van der Waals surface area contributed by atoms with Crippen LogP contribution in [0.1, 0.15) is 10.4 Å². The van der Waals surface area contributed by atoms with Crippen LogP contribution in [0.4, 0.5) is 5.69 Å². The highest BCUT2D eigenvalue weighted by atomic mass is 16.1. The van der Waals surface area contributed by atoms with Gasteiger partial charge in [0, 0.05) is 23.3 Å². The van der Waals surface area contributed by atoms with E-state index in [1.807, 2.05) is 60.7 Å². The minimum Gasteiger partial charge on any atom is -0.320 e. The van der Waals surface area contributed by atoms with Crippen molar-refractivity contribution in [3.05, 3.63) is 84.9 Å². The highest BCUT2D eigenvalue weighted by Crippen LogP contribution is 2.24. The summed E-state index contributed by atoms with van der Waals surface area (Å²) in [6.45, 7) is 0. The maximum atomic E-state index is 12.8. The molecule has 0 aliphatic rings. The van der Waals surface area contributed by atoms with Gasteiger partial charge in [-0.05, 0) is 12.1 Å². The van der Waals surface area contributed by atoms with Crippen molar-refractivity contribution >= 4 is 22.5 Å². The molecule has 4 rings (SSSR count). The molecule has 1 amide bonds. The summed E-state index contributed by atoms with van der Waals surface area (Å²) in [6.07, 6.45) is 4.68. The Kier molecular flexibility index (Phi) is 3.88. The van der Waals surface area contributed by atoms with Gasteiger partial charge < -0.3 is 5.32 Å². The predicted molar refractivity (Wildman–Crippen MR) is 97.2 cm³/mol. The molecule has 120 valence electrons. The van der Waals surface area contributed by atoms with E-state index in [0.717, 1.165) is 16.5 Å².